The SMILES string of the molecule is CCCn1nnc(NCc2cccs2)n1. The summed E-state index contributed by atoms with van der Waals surface area (Å²) >= 11 is 1.71. The summed E-state index contributed by atoms with van der Waals surface area (Å²) in [7, 11) is 0. The van der Waals surface area contributed by atoms with Gasteiger partial charge in [0.25, 0.3) is 5.95 Å². The van der Waals surface area contributed by atoms with E-state index in [0.717, 1.165) is 19.5 Å². The molecule has 0 spiro atoms. The molecule has 80 valence electrons. The maximum Gasteiger partial charge on any atom is 0.263 e. The maximum atomic E-state index is 4.19. The van der Waals surface area contributed by atoms with Crippen molar-refractivity contribution in [2.24, 2.45) is 0 Å². The Hall–Kier alpha value is -1.43. The maximum absolute atomic E-state index is 4.19. The highest BCUT2D eigenvalue weighted by atomic mass is 32.1. The minimum atomic E-state index is 0.594. The standard InChI is InChI=1S/C9H13N5S/c1-2-5-14-12-9(11-13-14)10-7-8-4-3-6-15-8/h3-4,6H,2,5,7H2,1H3,(H,10,12). The summed E-state index contributed by atoms with van der Waals surface area (Å²) in [5.74, 6) is 0.594. The smallest absolute Gasteiger partial charge is 0.263 e. The third kappa shape index (κ3) is 2.76. The van der Waals surface area contributed by atoms with Crippen LogP contribution in [-0.2, 0) is 13.1 Å². The van der Waals surface area contributed by atoms with E-state index in [1.54, 1.807) is 16.1 Å². The van der Waals surface area contributed by atoms with E-state index in [9.17, 15) is 0 Å². The van der Waals surface area contributed by atoms with E-state index in [0.29, 0.717) is 5.95 Å². The Labute approximate surface area is 92.1 Å². The minimum absolute atomic E-state index is 0.594. The van der Waals surface area contributed by atoms with Crippen LogP contribution in [0.3, 0.4) is 0 Å². The van der Waals surface area contributed by atoms with E-state index < -0.39 is 0 Å². The van der Waals surface area contributed by atoms with E-state index in [1.807, 2.05) is 6.07 Å². The van der Waals surface area contributed by atoms with Gasteiger partial charge in [-0.1, -0.05) is 18.1 Å². The predicted octanol–water partition coefficient (Wildman–Crippen LogP) is 1.76. The normalized spacial score (nSPS) is 10.5. The lowest BCUT2D eigenvalue weighted by Gasteiger charge is -1.97. The quantitative estimate of drug-likeness (QED) is 0.839. The molecule has 0 amide bonds. The van der Waals surface area contributed by atoms with Crippen molar-refractivity contribution in [3.05, 3.63) is 22.4 Å². The van der Waals surface area contributed by atoms with Crippen LogP contribution in [0.25, 0.3) is 0 Å². The Morgan fingerprint density at radius 3 is 3.20 bits per heavy atom. The third-order valence-corrected chi connectivity index (χ3v) is 2.75. The summed E-state index contributed by atoms with van der Waals surface area (Å²) < 4.78 is 0. The first kappa shape index (κ1) is 10.1. The molecular formula is C9H13N5S. The highest BCUT2D eigenvalue weighted by Gasteiger charge is 2.01. The van der Waals surface area contributed by atoms with E-state index >= 15 is 0 Å². The van der Waals surface area contributed by atoms with Crippen molar-refractivity contribution in [1.29, 1.82) is 0 Å². The molecule has 0 fully saturated rings. The van der Waals surface area contributed by atoms with Crippen molar-refractivity contribution in [1.82, 2.24) is 20.2 Å². The molecule has 2 aromatic heterocycles. The van der Waals surface area contributed by atoms with Crippen LogP contribution < -0.4 is 5.32 Å². The summed E-state index contributed by atoms with van der Waals surface area (Å²) in [5.41, 5.74) is 0. The summed E-state index contributed by atoms with van der Waals surface area (Å²) in [5, 5.41) is 17.2. The molecule has 2 aromatic rings. The molecule has 0 aromatic carbocycles. The fourth-order valence-corrected chi connectivity index (χ4v) is 1.83. The molecule has 0 saturated carbocycles. The zero-order valence-electron chi connectivity index (χ0n) is 8.55. The first-order valence-corrected chi connectivity index (χ1v) is 5.80. The lowest BCUT2D eigenvalue weighted by Crippen LogP contribution is -2.03. The van der Waals surface area contributed by atoms with Gasteiger partial charge in [0.1, 0.15) is 0 Å². The van der Waals surface area contributed by atoms with Gasteiger partial charge in [-0.2, -0.15) is 4.80 Å². The van der Waals surface area contributed by atoms with Crippen molar-refractivity contribution in [2.75, 3.05) is 5.32 Å². The average molecular weight is 223 g/mol. The topological polar surface area (TPSA) is 55.6 Å². The second kappa shape index (κ2) is 4.88. The van der Waals surface area contributed by atoms with Crippen LogP contribution in [0.2, 0.25) is 0 Å². The second-order valence-corrected chi connectivity index (χ2v) is 4.17. The van der Waals surface area contributed by atoms with Crippen LogP contribution in [0.5, 0.6) is 0 Å². The molecule has 0 saturated heterocycles. The number of hydrogen-bond acceptors (Lipinski definition) is 5. The lowest BCUT2D eigenvalue weighted by atomic mass is 10.5. The minimum Gasteiger partial charge on any atom is -0.347 e. The van der Waals surface area contributed by atoms with Gasteiger partial charge in [-0.3, -0.25) is 0 Å². The lowest BCUT2D eigenvalue weighted by molar-refractivity contribution is 0.515. The average Bonchev–Trinajstić information content (AvgIpc) is 2.85. The molecule has 0 aliphatic rings. The molecular weight excluding hydrogens is 210 g/mol. The van der Waals surface area contributed by atoms with Gasteiger partial charge < -0.3 is 5.32 Å². The van der Waals surface area contributed by atoms with Gasteiger partial charge in [0, 0.05) is 4.88 Å². The molecule has 6 heteroatoms. The first-order valence-electron chi connectivity index (χ1n) is 4.92. The molecule has 1 N–H and O–H groups in total. The Kier molecular flexibility index (Phi) is 3.29. The van der Waals surface area contributed by atoms with Gasteiger partial charge in [-0.15, -0.1) is 16.4 Å². The van der Waals surface area contributed by atoms with Crippen LogP contribution in [0.1, 0.15) is 18.2 Å². The van der Waals surface area contributed by atoms with E-state index in [4.69, 9.17) is 0 Å². The van der Waals surface area contributed by atoms with Gasteiger partial charge in [0.05, 0.1) is 13.1 Å². The van der Waals surface area contributed by atoms with E-state index in [1.165, 1.54) is 4.88 Å². The van der Waals surface area contributed by atoms with Crippen LogP contribution in [-0.4, -0.2) is 20.2 Å². The van der Waals surface area contributed by atoms with Crippen LogP contribution in [0.15, 0.2) is 17.5 Å². The molecule has 15 heavy (non-hydrogen) atoms. The molecule has 0 aliphatic heterocycles. The van der Waals surface area contributed by atoms with Gasteiger partial charge >= 0.3 is 0 Å². The largest absolute Gasteiger partial charge is 0.347 e. The number of anilines is 1. The number of nitrogens with zero attached hydrogens (tertiary/aromatic N) is 4. The molecule has 0 atom stereocenters. The van der Waals surface area contributed by atoms with Gasteiger partial charge in [-0.05, 0) is 23.1 Å². The highest BCUT2D eigenvalue weighted by Crippen LogP contribution is 2.09. The van der Waals surface area contributed by atoms with Crippen molar-refractivity contribution in [3.63, 3.8) is 0 Å². The van der Waals surface area contributed by atoms with Crippen molar-refractivity contribution < 1.29 is 0 Å². The van der Waals surface area contributed by atoms with Crippen molar-refractivity contribution in [2.45, 2.75) is 26.4 Å². The van der Waals surface area contributed by atoms with Gasteiger partial charge in [0.15, 0.2) is 0 Å². The van der Waals surface area contributed by atoms with Crippen LogP contribution >= 0.6 is 11.3 Å². The Morgan fingerprint density at radius 1 is 1.53 bits per heavy atom. The molecule has 0 aliphatic carbocycles. The Morgan fingerprint density at radius 2 is 2.47 bits per heavy atom. The van der Waals surface area contributed by atoms with Crippen LogP contribution in [0, 0.1) is 0 Å². The predicted molar refractivity (Wildman–Crippen MR) is 59.8 cm³/mol. The summed E-state index contributed by atoms with van der Waals surface area (Å²) in [6.07, 6.45) is 1.01. The monoisotopic (exact) mass is 223 g/mol. The Balaban J connectivity index is 1.88. The fraction of sp³-hybridized carbons (Fsp3) is 0.444. The fourth-order valence-electron chi connectivity index (χ4n) is 1.19. The summed E-state index contributed by atoms with van der Waals surface area (Å²) in [6.45, 7) is 3.66. The number of thiophene rings is 1. The molecule has 0 radical (unpaired) electrons. The number of hydrogen-bond donors (Lipinski definition) is 1. The number of aromatic nitrogens is 4. The second-order valence-electron chi connectivity index (χ2n) is 3.14. The molecule has 0 unspecified atom stereocenters. The highest BCUT2D eigenvalue weighted by molar-refractivity contribution is 7.09. The number of aryl methyl sites for hydroxylation is 1. The Bertz CT molecular complexity index is 394. The summed E-state index contributed by atoms with van der Waals surface area (Å²) in [4.78, 5) is 2.87. The molecule has 2 rings (SSSR count). The van der Waals surface area contributed by atoms with Gasteiger partial charge in [0.2, 0.25) is 0 Å². The zero-order valence-corrected chi connectivity index (χ0v) is 9.37. The van der Waals surface area contributed by atoms with Crippen LogP contribution in [0.4, 0.5) is 5.95 Å². The number of nitrogens with one attached hydrogen (secondary N) is 1. The van der Waals surface area contributed by atoms with E-state index in [2.05, 4.69) is 39.1 Å². The van der Waals surface area contributed by atoms with E-state index in [-0.39, 0.29) is 0 Å². The number of rotatable bonds is 5. The molecule has 0 bridgehead atoms. The van der Waals surface area contributed by atoms with Crippen molar-refractivity contribution in [3.8, 4) is 0 Å². The molecule has 5 nitrogen and oxygen atoms in total. The van der Waals surface area contributed by atoms with Gasteiger partial charge in [-0.25, -0.2) is 0 Å². The summed E-state index contributed by atoms with van der Waals surface area (Å²) in [6, 6.07) is 4.11. The molecule has 2 heterocycles. The first-order chi connectivity index (χ1) is 7.38. The van der Waals surface area contributed by atoms with Crippen molar-refractivity contribution >= 4 is 17.3 Å². The number of tetrazole rings is 1. The third-order valence-electron chi connectivity index (χ3n) is 1.88. The zero-order chi connectivity index (χ0) is 10.5.